The molecule has 10 heteroatoms. The first-order valence-electron chi connectivity index (χ1n) is 9.24. The fourth-order valence-corrected chi connectivity index (χ4v) is 4.89. The molecule has 3 rings (SSSR count). The molecule has 0 amide bonds. The van der Waals surface area contributed by atoms with Crippen LogP contribution in [0.2, 0.25) is 0 Å². The number of esters is 2. The van der Waals surface area contributed by atoms with E-state index in [2.05, 4.69) is 4.74 Å². The van der Waals surface area contributed by atoms with E-state index in [9.17, 15) is 23.1 Å². The van der Waals surface area contributed by atoms with Crippen LogP contribution in [0.15, 0.2) is 39.6 Å². The van der Waals surface area contributed by atoms with Gasteiger partial charge >= 0.3 is 11.9 Å². The maximum atomic E-state index is 13.1. The van der Waals surface area contributed by atoms with E-state index in [-0.39, 0.29) is 36.0 Å². The minimum Gasteiger partial charge on any atom is -0.463 e. The van der Waals surface area contributed by atoms with Gasteiger partial charge in [0.1, 0.15) is 18.4 Å². The lowest BCUT2D eigenvalue weighted by atomic mass is 10.1. The predicted molar refractivity (Wildman–Crippen MR) is 104 cm³/mol. The number of rotatable bonds is 6. The number of carbonyl (C=O) groups excluding carboxylic acids is 2. The van der Waals surface area contributed by atoms with Gasteiger partial charge in [-0.15, -0.1) is 0 Å². The number of nitrogens with zero attached hydrogens (tertiary/aromatic N) is 1. The molecule has 1 aliphatic heterocycles. The van der Waals surface area contributed by atoms with Crippen molar-refractivity contribution in [3.8, 4) is 0 Å². The van der Waals surface area contributed by atoms with Crippen molar-refractivity contribution in [3.63, 3.8) is 0 Å². The second-order valence-corrected chi connectivity index (χ2v) is 8.98. The zero-order valence-corrected chi connectivity index (χ0v) is 17.6. The number of furan rings is 1. The summed E-state index contributed by atoms with van der Waals surface area (Å²) in [6.45, 7) is 3.17. The number of β-amino-alcohol motifs (C(OH)–C–C–N with tert-alkyl or cyclic N) is 1. The van der Waals surface area contributed by atoms with Crippen molar-refractivity contribution in [1.29, 1.82) is 0 Å². The quantitative estimate of drug-likeness (QED) is 0.675. The maximum Gasteiger partial charge on any atom is 0.373 e. The van der Waals surface area contributed by atoms with Gasteiger partial charge < -0.3 is 19.0 Å². The minimum absolute atomic E-state index is 0.0428. The summed E-state index contributed by atoms with van der Waals surface area (Å²) in [4.78, 5) is 24.1. The molecule has 30 heavy (non-hydrogen) atoms. The highest BCUT2D eigenvalue weighted by molar-refractivity contribution is 7.89. The average molecular weight is 437 g/mol. The van der Waals surface area contributed by atoms with Crippen molar-refractivity contribution in [2.45, 2.75) is 43.9 Å². The first-order chi connectivity index (χ1) is 14.1. The van der Waals surface area contributed by atoms with Crippen LogP contribution in [-0.4, -0.2) is 55.6 Å². The fraction of sp³-hybridized carbons (Fsp3) is 0.400. The van der Waals surface area contributed by atoms with Crippen LogP contribution in [0.1, 0.15) is 33.9 Å². The first-order valence-corrected chi connectivity index (χ1v) is 10.7. The van der Waals surface area contributed by atoms with Gasteiger partial charge in [0, 0.05) is 13.0 Å². The van der Waals surface area contributed by atoms with Crippen LogP contribution in [0.5, 0.6) is 0 Å². The average Bonchev–Trinajstić information content (AvgIpc) is 3.34. The van der Waals surface area contributed by atoms with Gasteiger partial charge in [-0.05, 0) is 49.2 Å². The molecule has 1 aromatic heterocycles. The normalized spacial score (nSPS) is 19.6. The molecule has 0 aliphatic carbocycles. The fourth-order valence-electron chi connectivity index (χ4n) is 3.18. The molecule has 9 nitrogen and oxygen atoms in total. The number of aliphatic hydroxyl groups excluding tert-OH is 1. The van der Waals surface area contributed by atoms with E-state index >= 15 is 0 Å². The summed E-state index contributed by atoms with van der Waals surface area (Å²) in [7, 11) is -2.80. The summed E-state index contributed by atoms with van der Waals surface area (Å²) in [5, 5.41) is 10.0. The second-order valence-electron chi connectivity index (χ2n) is 7.09. The van der Waals surface area contributed by atoms with Crippen LogP contribution >= 0.6 is 0 Å². The van der Waals surface area contributed by atoms with Crippen LogP contribution in [0.25, 0.3) is 0 Å². The van der Waals surface area contributed by atoms with Gasteiger partial charge in [0.2, 0.25) is 15.8 Å². The Morgan fingerprint density at radius 2 is 1.93 bits per heavy atom. The molecule has 2 atom stereocenters. The Balaban J connectivity index is 1.75. The molecular formula is C20H23NO8S. The molecule has 0 spiro atoms. The third kappa shape index (κ3) is 4.40. The molecule has 1 saturated heterocycles. The highest BCUT2D eigenvalue weighted by atomic mass is 32.2. The van der Waals surface area contributed by atoms with Gasteiger partial charge in [-0.3, -0.25) is 4.79 Å². The molecule has 1 fully saturated rings. The lowest BCUT2D eigenvalue weighted by Crippen LogP contribution is -2.41. The number of methoxy groups -OCH3 is 1. The largest absolute Gasteiger partial charge is 0.463 e. The Hall–Kier alpha value is -2.69. The molecular weight excluding hydrogens is 414 g/mol. The standard InChI is InChI=1S/C20H23NO8S/c1-12-4-6-16(8-13(12)2)30(25,26)21-10-14(22)9-17(21)19(23)28-11-15-5-7-18(29-15)20(24)27-3/h4-8,14,17,22H,9-11H2,1-3H3/t14?,17-/m0/s1. The molecule has 162 valence electrons. The number of ether oxygens (including phenoxy) is 2. The number of aryl methyl sites for hydroxylation is 2. The van der Waals surface area contributed by atoms with E-state index in [0.29, 0.717) is 0 Å². The molecule has 0 saturated carbocycles. The molecule has 0 bridgehead atoms. The summed E-state index contributed by atoms with van der Waals surface area (Å²) < 4.78 is 42.1. The predicted octanol–water partition coefficient (Wildman–Crippen LogP) is 1.55. The Kier molecular flexibility index (Phi) is 6.30. The monoisotopic (exact) mass is 437 g/mol. The summed E-state index contributed by atoms with van der Waals surface area (Å²) >= 11 is 0. The highest BCUT2D eigenvalue weighted by Gasteiger charge is 2.44. The number of hydrogen-bond acceptors (Lipinski definition) is 8. The van der Waals surface area contributed by atoms with Gasteiger partial charge in [-0.25, -0.2) is 13.2 Å². The van der Waals surface area contributed by atoms with Crippen molar-refractivity contribution < 1.29 is 37.0 Å². The van der Waals surface area contributed by atoms with Gasteiger partial charge in [-0.1, -0.05) is 6.07 Å². The van der Waals surface area contributed by atoms with Crippen molar-refractivity contribution in [2.24, 2.45) is 0 Å². The minimum atomic E-state index is -4.01. The SMILES string of the molecule is COC(=O)c1ccc(COC(=O)[C@@H]2CC(O)CN2S(=O)(=O)c2ccc(C)c(C)c2)o1. The maximum absolute atomic E-state index is 13.1. The number of carbonyl (C=O) groups is 2. The molecule has 1 aliphatic rings. The smallest absolute Gasteiger partial charge is 0.373 e. The van der Waals surface area contributed by atoms with Crippen LogP contribution in [0.3, 0.4) is 0 Å². The van der Waals surface area contributed by atoms with Crippen molar-refractivity contribution in [1.82, 2.24) is 4.31 Å². The number of sulfonamides is 1. The van der Waals surface area contributed by atoms with E-state index in [1.54, 1.807) is 13.0 Å². The van der Waals surface area contributed by atoms with E-state index in [4.69, 9.17) is 9.15 Å². The van der Waals surface area contributed by atoms with E-state index in [0.717, 1.165) is 15.4 Å². The number of hydrogen-bond donors (Lipinski definition) is 1. The van der Waals surface area contributed by atoms with Gasteiger partial charge in [0.15, 0.2) is 0 Å². The van der Waals surface area contributed by atoms with Crippen molar-refractivity contribution >= 4 is 22.0 Å². The Morgan fingerprint density at radius 1 is 1.20 bits per heavy atom. The van der Waals surface area contributed by atoms with Crippen molar-refractivity contribution in [3.05, 3.63) is 53.0 Å². The van der Waals surface area contributed by atoms with E-state index in [1.165, 1.54) is 31.4 Å². The summed E-state index contributed by atoms with van der Waals surface area (Å²) in [5.41, 5.74) is 1.74. The molecule has 1 unspecified atom stereocenters. The van der Waals surface area contributed by atoms with E-state index < -0.39 is 34.1 Å². The van der Waals surface area contributed by atoms with Crippen LogP contribution in [-0.2, 0) is 30.9 Å². The first kappa shape index (κ1) is 22.0. The van der Waals surface area contributed by atoms with Gasteiger partial charge in [0.05, 0.1) is 18.1 Å². The number of aliphatic hydroxyl groups is 1. The second kappa shape index (κ2) is 8.58. The number of benzene rings is 1. The lowest BCUT2D eigenvalue weighted by Gasteiger charge is -2.22. The zero-order chi connectivity index (χ0) is 22.1. The van der Waals surface area contributed by atoms with Gasteiger partial charge in [0.25, 0.3) is 0 Å². The van der Waals surface area contributed by atoms with Crippen LogP contribution in [0.4, 0.5) is 0 Å². The third-order valence-electron chi connectivity index (χ3n) is 5.00. The topological polar surface area (TPSA) is 123 Å². The van der Waals surface area contributed by atoms with Crippen LogP contribution < -0.4 is 0 Å². The van der Waals surface area contributed by atoms with Crippen molar-refractivity contribution in [2.75, 3.05) is 13.7 Å². The Bertz CT molecular complexity index is 1060. The molecule has 1 N–H and O–H groups in total. The highest BCUT2D eigenvalue weighted by Crippen LogP contribution is 2.28. The van der Waals surface area contributed by atoms with Crippen LogP contribution in [0, 0.1) is 13.8 Å². The molecule has 2 aromatic rings. The lowest BCUT2D eigenvalue weighted by molar-refractivity contribution is -0.149. The molecule has 2 heterocycles. The summed E-state index contributed by atoms with van der Waals surface area (Å²) in [5.74, 6) is -1.32. The zero-order valence-electron chi connectivity index (χ0n) is 16.8. The molecule has 0 radical (unpaired) electrons. The Labute approximate surface area is 174 Å². The van der Waals surface area contributed by atoms with Gasteiger partial charge in [-0.2, -0.15) is 4.31 Å². The summed E-state index contributed by atoms with van der Waals surface area (Å²) in [6, 6.07) is 6.37. The Morgan fingerprint density at radius 3 is 2.60 bits per heavy atom. The third-order valence-corrected chi connectivity index (χ3v) is 6.87. The van der Waals surface area contributed by atoms with E-state index in [1.807, 2.05) is 6.92 Å². The summed E-state index contributed by atoms with van der Waals surface area (Å²) in [6.07, 6.45) is -1.06. The molecule has 1 aromatic carbocycles.